The zero-order valence-electron chi connectivity index (χ0n) is 23.5. The van der Waals surface area contributed by atoms with E-state index >= 15 is 0 Å². The van der Waals surface area contributed by atoms with Gasteiger partial charge in [0.2, 0.25) is 0 Å². The normalized spacial score (nSPS) is 25.6. The molecule has 202 valence electrons. The molecule has 6 rings (SSSR count). The molecule has 2 aromatic carbocycles. The number of fused-ring (bicyclic) bond motifs is 3. The van der Waals surface area contributed by atoms with Crippen molar-refractivity contribution >= 4 is 30.1 Å². The molecule has 2 aromatic heterocycles. The van der Waals surface area contributed by atoms with Crippen LogP contribution in [0.5, 0.6) is 0 Å². The molecule has 38 heavy (non-hydrogen) atoms. The lowest BCUT2D eigenvalue weighted by molar-refractivity contribution is -0.190. The molecule has 0 aliphatic carbocycles. The van der Waals surface area contributed by atoms with Crippen LogP contribution in [-0.4, -0.2) is 55.1 Å². The Morgan fingerprint density at radius 2 is 1.39 bits per heavy atom. The Labute approximate surface area is 226 Å². The van der Waals surface area contributed by atoms with Crippen molar-refractivity contribution in [3.8, 4) is 0 Å². The molecule has 2 fully saturated rings. The first kappa shape index (κ1) is 25.8. The first-order chi connectivity index (χ1) is 18.0. The number of H-pyrrole nitrogens is 2. The molecule has 0 spiro atoms. The lowest BCUT2D eigenvalue weighted by Gasteiger charge is -2.37. The average molecular weight is 533 g/mol. The third-order valence-electron chi connectivity index (χ3n) is 8.84. The van der Waals surface area contributed by atoms with Gasteiger partial charge >= 0.3 is 0 Å². The van der Waals surface area contributed by atoms with Crippen molar-refractivity contribution in [1.82, 2.24) is 9.97 Å². The van der Waals surface area contributed by atoms with Gasteiger partial charge in [-0.15, -0.1) is 0 Å². The standard InChI is InChI=1S/C31H40N2O4Si/c1-30(2,3)38(6,7)34-18-25-27-29(37-31(4,5)36-27)28(35-25)26(21-16-32-23-14-10-8-12-19(21)23)22-17-33-24-15-11-9-13-20(22)24/h8-17,25-29,32-33H,18H2,1-7H3/t25-,27-,28-,29-/m1/s1. The van der Waals surface area contributed by atoms with E-state index in [1.54, 1.807) is 0 Å². The summed E-state index contributed by atoms with van der Waals surface area (Å²) in [6, 6.07) is 16.9. The van der Waals surface area contributed by atoms with Crippen molar-refractivity contribution < 1.29 is 18.6 Å². The maximum Gasteiger partial charge on any atom is 0.192 e. The number of para-hydroxylation sites is 2. The van der Waals surface area contributed by atoms with Gasteiger partial charge in [-0.3, -0.25) is 0 Å². The maximum atomic E-state index is 6.96. The summed E-state index contributed by atoms with van der Waals surface area (Å²) in [5.74, 6) is -0.748. The van der Waals surface area contributed by atoms with Gasteiger partial charge in [0.25, 0.3) is 0 Å². The lowest BCUT2D eigenvalue weighted by Crippen LogP contribution is -2.44. The number of hydrogen-bond donors (Lipinski definition) is 2. The zero-order chi connectivity index (χ0) is 26.9. The van der Waals surface area contributed by atoms with E-state index < -0.39 is 14.1 Å². The third kappa shape index (κ3) is 4.34. The van der Waals surface area contributed by atoms with Crippen molar-refractivity contribution in [3.05, 3.63) is 72.1 Å². The van der Waals surface area contributed by atoms with Crippen molar-refractivity contribution in [3.63, 3.8) is 0 Å². The minimum Gasteiger partial charge on any atom is -0.414 e. The number of aromatic nitrogens is 2. The molecule has 2 N–H and O–H groups in total. The second-order valence-corrected chi connectivity index (χ2v) is 17.6. The van der Waals surface area contributed by atoms with Crippen LogP contribution in [0.2, 0.25) is 18.1 Å². The van der Waals surface area contributed by atoms with Crippen LogP contribution in [0.3, 0.4) is 0 Å². The number of ether oxygens (including phenoxy) is 3. The molecule has 0 unspecified atom stereocenters. The Hall–Kier alpha value is -2.42. The summed E-state index contributed by atoms with van der Waals surface area (Å²) >= 11 is 0. The summed E-state index contributed by atoms with van der Waals surface area (Å²) in [5, 5.41) is 2.51. The smallest absolute Gasteiger partial charge is 0.192 e. The second-order valence-electron chi connectivity index (χ2n) is 12.8. The Morgan fingerprint density at radius 3 is 1.95 bits per heavy atom. The number of benzene rings is 2. The molecule has 4 aromatic rings. The Bertz CT molecular complexity index is 1370. The Morgan fingerprint density at radius 1 is 0.868 bits per heavy atom. The second kappa shape index (κ2) is 9.06. The van der Waals surface area contributed by atoms with Gasteiger partial charge in [0, 0.05) is 40.1 Å². The first-order valence-corrected chi connectivity index (χ1v) is 16.6. The summed E-state index contributed by atoms with van der Waals surface area (Å²) in [4.78, 5) is 6.99. The Balaban J connectivity index is 1.43. The predicted molar refractivity (Wildman–Crippen MR) is 154 cm³/mol. The van der Waals surface area contributed by atoms with Crippen molar-refractivity contribution in [2.75, 3.05) is 6.61 Å². The molecule has 0 bridgehead atoms. The molecule has 2 saturated heterocycles. The van der Waals surface area contributed by atoms with Crippen LogP contribution < -0.4 is 0 Å². The summed E-state index contributed by atoms with van der Waals surface area (Å²) in [7, 11) is -1.97. The van der Waals surface area contributed by atoms with Crippen LogP contribution in [0, 0.1) is 0 Å². The van der Waals surface area contributed by atoms with Crippen LogP contribution in [0.25, 0.3) is 21.8 Å². The number of rotatable bonds is 6. The lowest BCUT2D eigenvalue weighted by atomic mass is 9.83. The van der Waals surface area contributed by atoms with Gasteiger partial charge in [-0.2, -0.15) is 0 Å². The van der Waals surface area contributed by atoms with Gasteiger partial charge in [0.1, 0.15) is 18.3 Å². The molecule has 6 nitrogen and oxygen atoms in total. The predicted octanol–water partition coefficient (Wildman–Crippen LogP) is 7.09. The van der Waals surface area contributed by atoms with Crippen LogP contribution in [-0.2, 0) is 18.6 Å². The van der Waals surface area contributed by atoms with E-state index in [4.69, 9.17) is 18.6 Å². The quantitative estimate of drug-likeness (QED) is 0.260. The minimum absolute atomic E-state index is 0.0647. The average Bonchev–Trinajstić information content (AvgIpc) is 3.61. The van der Waals surface area contributed by atoms with E-state index in [0.29, 0.717) is 6.61 Å². The van der Waals surface area contributed by atoms with Crippen molar-refractivity contribution in [1.29, 1.82) is 0 Å². The highest BCUT2D eigenvalue weighted by atomic mass is 28.4. The van der Waals surface area contributed by atoms with E-state index in [1.807, 2.05) is 13.8 Å². The number of hydrogen-bond acceptors (Lipinski definition) is 4. The number of nitrogens with one attached hydrogen (secondary N) is 2. The van der Waals surface area contributed by atoms with Gasteiger partial charge in [-0.25, -0.2) is 0 Å². The maximum absolute atomic E-state index is 6.96. The van der Waals surface area contributed by atoms with Crippen LogP contribution in [0.15, 0.2) is 60.9 Å². The van der Waals surface area contributed by atoms with Crippen LogP contribution in [0.4, 0.5) is 0 Å². The van der Waals surface area contributed by atoms with E-state index in [-0.39, 0.29) is 35.4 Å². The SMILES string of the molecule is CC1(C)O[C@@H]2[C@H](O1)[C@@H](CO[Si](C)(C)C(C)(C)C)O[C@@H]2C(c1c[nH]c2ccccc12)c1c[nH]c2ccccc12. The van der Waals surface area contributed by atoms with Gasteiger partial charge < -0.3 is 28.6 Å². The van der Waals surface area contributed by atoms with Gasteiger partial charge in [-0.1, -0.05) is 57.2 Å². The zero-order valence-corrected chi connectivity index (χ0v) is 24.5. The van der Waals surface area contributed by atoms with Crippen LogP contribution in [0.1, 0.15) is 51.7 Å². The molecule has 2 aliphatic heterocycles. The summed E-state index contributed by atoms with van der Waals surface area (Å²) < 4.78 is 26.7. The molecule has 4 heterocycles. The molecule has 7 heteroatoms. The van der Waals surface area contributed by atoms with Gasteiger partial charge in [0.15, 0.2) is 14.1 Å². The largest absolute Gasteiger partial charge is 0.414 e. The topological polar surface area (TPSA) is 68.5 Å². The van der Waals surface area contributed by atoms with Crippen molar-refractivity contribution in [2.24, 2.45) is 0 Å². The van der Waals surface area contributed by atoms with E-state index in [0.717, 1.165) is 11.0 Å². The van der Waals surface area contributed by atoms with E-state index in [2.05, 4.69) is 105 Å². The highest BCUT2D eigenvalue weighted by molar-refractivity contribution is 6.74. The van der Waals surface area contributed by atoms with E-state index in [1.165, 1.54) is 21.9 Å². The highest BCUT2D eigenvalue weighted by Crippen LogP contribution is 2.48. The monoisotopic (exact) mass is 532 g/mol. The summed E-state index contributed by atoms with van der Waals surface area (Å²) in [6.07, 6.45) is 3.40. The fraction of sp³-hybridized carbons (Fsp3) is 0.484. The highest BCUT2D eigenvalue weighted by Gasteiger charge is 2.58. The summed E-state index contributed by atoms with van der Waals surface area (Å²) in [6.45, 7) is 15.9. The molecule has 0 saturated carbocycles. The molecule has 0 radical (unpaired) electrons. The van der Waals surface area contributed by atoms with E-state index in [9.17, 15) is 0 Å². The number of aromatic amines is 2. The molecule has 2 aliphatic rings. The fourth-order valence-corrected chi connectivity index (χ4v) is 6.86. The summed E-state index contributed by atoms with van der Waals surface area (Å²) in [5.41, 5.74) is 4.63. The minimum atomic E-state index is -1.97. The molecule has 4 atom stereocenters. The van der Waals surface area contributed by atoms with Crippen molar-refractivity contribution in [2.45, 2.75) is 88.9 Å². The molecular formula is C31H40N2O4Si. The van der Waals surface area contributed by atoms with Crippen LogP contribution >= 0.6 is 0 Å². The van der Waals surface area contributed by atoms with Gasteiger partial charge in [-0.05, 0) is 55.2 Å². The first-order valence-electron chi connectivity index (χ1n) is 13.7. The van der Waals surface area contributed by atoms with Gasteiger partial charge in [0.05, 0.1) is 12.7 Å². The molecular weight excluding hydrogens is 492 g/mol. The third-order valence-corrected chi connectivity index (χ3v) is 13.3. The fourth-order valence-electron chi connectivity index (χ4n) is 5.85. The Kier molecular flexibility index (Phi) is 6.16. The molecule has 0 amide bonds.